The van der Waals surface area contributed by atoms with Gasteiger partial charge in [-0.2, -0.15) is 0 Å². The zero-order valence-corrected chi connectivity index (χ0v) is 14.1. The van der Waals surface area contributed by atoms with Gasteiger partial charge in [0.05, 0.1) is 0 Å². The minimum Gasteiger partial charge on any atom is -0.396 e. The third kappa shape index (κ3) is 1.79. The summed E-state index contributed by atoms with van der Waals surface area (Å²) in [6.07, 6.45) is 14.7. The first-order valence-electron chi connectivity index (χ1n) is 9.20. The van der Waals surface area contributed by atoms with Gasteiger partial charge in [0, 0.05) is 6.61 Å². The van der Waals surface area contributed by atoms with E-state index < -0.39 is 0 Å². The molecule has 2 bridgehead atoms. The van der Waals surface area contributed by atoms with Crippen molar-refractivity contribution in [2.24, 2.45) is 39.9 Å². The molecule has 0 saturated heterocycles. The normalized spacial score (nSPS) is 54.1. The minimum atomic E-state index is 0.375. The van der Waals surface area contributed by atoms with Gasteiger partial charge in [-0.05, 0) is 84.9 Å². The monoisotopic (exact) mass is 288 g/mol. The third-order valence-corrected chi connectivity index (χ3v) is 8.33. The Morgan fingerprint density at radius 3 is 2.62 bits per heavy atom. The highest BCUT2D eigenvalue weighted by Crippen LogP contribution is 2.71. The summed E-state index contributed by atoms with van der Waals surface area (Å²) in [4.78, 5) is 0. The Balaban J connectivity index is 1.72. The molecule has 1 nitrogen and oxygen atoms in total. The summed E-state index contributed by atoms with van der Waals surface area (Å²) in [7, 11) is 0. The van der Waals surface area contributed by atoms with Crippen molar-refractivity contribution < 1.29 is 5.11 Å². The van der Waals surface area contributed by atoms with Crippen molar-refractivity contribution in [2.45, 2.75) is 65.7 Å². The molecule has 4 aliphatic rings. The standard InChI is InChI=1S/C20H32O/c1-18(2)8-4-9-19(3)16(18)7-10-20-11-14(5-6-17(19)20)15(12-20)13-21/h4,8,14-17,21H,5-7,9-13H2,1-3H3/t14-,15+,16+,17-,19+,20-/m1/s1. The molecule has 3 saturated carbocycles. The van der Waals surface area contributed by atoms with Crippen molar-refractivity contribution in [1.29, 1.82) is 0 Å². The summed E-state index contributed by atoms with van der Waals surface area (Å²) < 4.78 is 0. The Labute approximate surface area is 130 Å². The molecule has 0 unspecified atom stereocenters. The number of aliphatic hydroxyl groups is 1. The van der Waals surface area contributed by atoms with Crippen LogP contribution in [0.5, 0.6) is 0 Å². The lowest BCUT2D eigenvalue weighted by Crippen LogP contribution is -2.54. The first-order valence-corrected chi connectivity index (χ1v) is 9.20. The number of aliphatic hydroxyl groups excluding tert-OH is 1. The molecule has 1 heteroatoms. The predicted molar refractivity (Wildman–Crippen MR) is 86.8 cm³/mol. The van der Waals surface area contributed by atoms with Gasteiger partial charge in [0.15, 0.2) is 0 Å². The fourth-order valence-electron chi connectivity index (χ4n) is 7.63. The lowest BCUT2D eigenvalue weighted by Gasteiger charge is -2.62. The molecule has 1 spiro atoms. The van der Waals surface area contributed by atoms with E-state index in [4.69, 9.17) is 0 Å². The second-order valence-electron chi connectivity index (χ2n) is 9.63. The maximum atomic E-state index is 9.77. The van der Waals surface area contributed by atoms with E-state index in [0.717, 1.165) is 17.8 Å². The smallest absolute Gasteiger partial charge is 0.0462 e. The second-order valence-corrected chi connectivity index (χ2v) is 9.63. The van der Waals surface area contributed by atoms with Gasteiger partial charge in [-0.25, -0.2) is 0 Å². The second kappa shape index (κ2) is 4.37. The van der Waals surface area contributed by atoms with Crippen molar-refractivity contribution in [3.8, 4) is 0 Å². The van der Waals surface area contributed by atoms with Crippen molar-refractivity contribution >= 4 is 0 Å². The van der Waals surface area contributed by atoms with Gasteiger partial charge in [-0.3, -0.25) is 0 Å². The summed E-state index contributed by atoms with van der Waals surface area (Å²) in [6, 6.07) is 0. The Morgan fingerprint density at radius 1 is 1.05 bits per heavy atom. The number of hydrogen-bond donors (Lipinski definition) is 1. The van der Waals surface area contributed by atoms with Crippen LogP contribution in [-0.4, -0.2) is 11.7 Å². The highest BCUT2D eigenvalue weighted by atomic mass is 16.3. The molecule has 4 aliphatic carbocycles. The van der Waals surface area contributed by atoms with Crippen LogP contribution in [-0.2, 0) is 0 Å². The van der Waals surface area contributed by atoms with Crippen LogP contribution in [0.1, 0.15) is 65.7 Å². The molecule has 0 aromatic rings. The lowest BCUT2D eigenvalue weighted by molar-refractivity contribution is -0.114. The fourth-order valence-corrected chi connectivity index (χ4v) is 7.63. The van der Waals surface area contributed by atoms with Crippen molar-refractivity contribution in [3.63, 3.8) is 0 Å². The van der Waals surface area contributed by atoms with E-state index in [1.54, 1.807) is 0 Å². The van der Waals surface area contributed by atoms with E-state index >= 15 is 0 Å². The molecule has 118 valence electrons. The number of allylic oxidation sites excluding steroid dienone is 2. The zero-order chi connectivity index (χ0) is 14.9. The molecule has 0 heterocycles. The summed E-state index contributed by atoms with van der Waals surface area (Å²) in [5.74, 6) is 3.21. The molecule has 0 aromatic carbocycles. The van der Waals surface area contributed by atoms with Crippen LogP contribution < -0.4 is 0 Å². The van der Waals surface area contributed by atoms with Gasteiger partial charge >= 0.3 is 0 Å². The zero-order valence-electron chi connectivity index (χ0n) is 14.1. The first kappa shape index (κ1) is 14.3. The van der Waals surface area contributed by atoms with Crippen molar-refractivity contribution in [3.05, 3.63) is 12.2 Å². The van der Waals surface area contributed by atoms with Crippen LogP contribution >= 0.6 is 0 Å². The largest absolute Gasteiger partial charge is 0.396 e. The van der Waals surface area contributed by atoms with E-state index in [2.05, 4.69) is 32.9 Å². The molecule has 0 amide bonds. The van der Waals surface area contributed by atoms with Crippen molar-refractivity contribution in [1.82, 2.24) is 0 Å². The summed E-state index contributed by atoms with van der Waals surface area (Å²) in [6.45, 7) is 7.96. The van der Waals surface area contributed by atoms with Crippen LogP contribution in [0.25, 0.3) is 0 Å². The predicted octanol–water partition coefficient (Wildman–Crippen LogP) is 4.80. The molecule has 21 heavy (non-hydrogen) atoms. The maximum absolute atomic E-state index is 9.77. The average Bonchev–Trinajstić information content (AvgIpc) is 2.68. The molecule has 1 N–H and O–H groups in total. The van der Waals surface area contributed by atoms with Gasteiger partial charge in [0.1, 0.15) is 0 Å². The van der Waals surface area contributed by atoms with Crippen LogP contribution in [0.3, 0.4) is 0 Å². The summed E-state index contributed by atoms with van der Waals surface area (Å²) in [5, 5.41) is 9.77. The van der Waals surface area contributed by atoms with E-state index in [1.807, 2.05) is 0 Å². The molecule has 0 aromatic heterocycles. The van der Waals surface area contributed by atoms with E-state index in [1.165, 1.54) is 44.9 Å². The molecule has 3 fully saturated rings. The molecular formula is C20H32O. The SMILES string of the molecule is CC1(C)C=CC[C@@]2(C)[C@H]1CC[C@@]13C[C@@H](CO)[C@H](CC[C@@H]12)C3. The average molecular weight is 288 g/mol. The Hall–Kier alpha value is -0.300. The van der Waals surface area contributed by atoms with Crippen LogP contribution in [0.4, 0.5) is 0 Å². The maximum Gasteiger partial charge on any atom is 0.0462 e. The van der Waals surface area contributed by atoms with Gasteiger partial charge in [-0.15, -0.1) is 0 Å². The molecule has 0 aliphatic heterocycles. The molecular weight excluding hydrogens is 256 g/mol. The van der Waals surface area contributed by atoms with Gasteiger partial charge in [-0.1, -0.05) is 32.9 Å². The summed E-state index contributed by atoms with van der Waals surface area (Å²) >= 11 is 0. The highest BCUT2D eigenvalue weighted by Gasteiger charge is 2.63. The van der Waals surface area contributed by atoms with E-state index in [0.29, 0.717) is 28.8 Å². The van der Waals surface area contributed by atoms with Gasteiger partial charge in [0.2, 0.25) is 0 Å². The van der Waals surface area contributed by atoms with E-state index in [9.17, 15) is 5.11 Å². The van der Waals surface area contributed by atoms with Crippen LogP contribution in [0.15, 0.2) is 12.2 Å². The quantitative estimate of drug-likeness (QED) is 0.687. The number of hydrogen-bond acceptors (Lipinski definition) is 1. The molecule has 4 rings (SSSR count). The van der Waals surface area contributed by atoms with Gasteiger partial charge < -0.3 is 5.11 Å². The van der Waals surface area contributed by atoms with Crippen molar-refractivity contribution in [2.75, 3.05) is 6.61 Å². The number of rotatable bonds is 1. The Bertz CT molecular complexity index is 464. The lowest BCUT2D eigenvalue weighted by atomic mass is 9.42. The fraction of sp³-hybridized carbons (Fsp3) is 0.900. The van der Waals surface area contributed by atoms with Gasteiger partial charge in [0.25, 0.3) is 0 Å². The topological polar surface area (TPSA) is 20.2 Å². The number of fused-ring (bicyclic) bond motifs is 3. The van der Waals surface area contributed by atoms with Crippen LogP contribution in [0, 0.1) is 39.9 Å². The Morgan fingerprint density at radius 2 is 1.86 bits per heavy atom. The first-order chi connectivity index (χ1) is 9.91. The Kier molecular flexibility index (Phi) is 2.98. The molecule has 0 radical (unpaired) electrons. The van der Waals surface area contributed by atoms with Crippen LogP contribution in [0.2, 0.25) is 0 Å². The highest BCUT2D eigenvalue weighted by molar-refractivity contribution is 5.18. The third-order valence-electron chi connectivity index (χ3n) is 8.33. The molecule has 6 atom stereocenters. The summed E-state index contributed by atoms with van der Waals surface area (Å²) in [5.41, 5.74) is 1.47. The minimum absolute atomic E-state index is 0.375. The van der Waals surface area contributed by atoms with E-state index in [-0.39, 0.29) is 0 Å².